The van der Waals surface area contributed by atoms with E-state index in [0.29, 0.717) is 5.41 Å². The van der Waals surface area contributed by atoms with Crippen molar-refractivity contribution in [2.24, 2.45) is 5.41 Å². The molecule has 1 rings (SSSR count). The van der Waals surface area contributed by atoms with E-state index >= 15 is 0 Å². The molecule has 0 aromatic heterocycles. The first-order valence-electron chi connectivity index (χ1n) is 4.24. The highest BCUT2D eigenvalue weighted by molar-refractivity contribution is 4.90. The Balaban J connectivity index is 2.40. The van der Waals surface area contributed by atoms with Gasteiger partial charge in [-0.25, -0.2) is 0 Å². The number of hydrogen-bond acceptors (Lipinski definition) is 2. The summed E-state index contributed by atoms with van der Waals surface area (Å²) in [5.74, 6) is 0. The van der Waals surface area contributed by atoms with Gasteiger partial charge in [-0.05, 0) is 27.3 Å². The van der Waals surface area contributed by atoms with Crippen molar-refractivity contribution >= 4 is 0 Å². The Labute approximate surface area is 69.3 Å². The lowest BCUT2D eigenvalue weighted by Gasteiger charge is -2.43. The number of ether oxygens (including phenoxy) is 1. The molecule has 1 N–H and O–H groups in total. The summed E-state index contributed by atoms with van der Waals surface area (Å²) in [5.41, 5.74) is 0.672. The van der Waals surface area contributed by atoms with Crippen molar-refractivity contribution in [1.29, 1.82) is 0 Å². The highest BCUT2D eigenvalue weighted by Crippen LogP contribution is 2.34. The molecule has 0 amide bonds. The van der Waals surface area contributed by atoms with Crippen LogP contribution in [0, 0.1) is 5.41 Å². The molecule has 0 aromatic carbocycles. The molecule has 0 bridgehead atoms. The Morgan fingerprint density at radius 1 is 1.45 bits per heavy atom. The SMILES string of the molecule is CNC(C)(C)CC1(C)COC1. The first kappa shape index (κ1) is 9.01. The van der Waals surface area contributed by atoms with Crippen molar-refractivity contribution in [2.45, 2.75) is 32.7 Å². The van der Waals surface area contributed by atoms with E-state index in [-0.39, 0.29) is 5.54 Å². The molecule has 1 fully saturated rings. The van der Waals surface area contributed by atoms with Gasteiger partial charge in [-0.3, -0.25) is 0 Å². The van der Waals surface area contributed by atoms with Gasteiger partial charge in [0.1, 0.15) is 0 Å². The summed E-state index contributed by atoms with van der Waals surface area (Å²) in [7, 11) is 2.02. The molecule has 66 valence electrons. The van der Waals surface area contributed by atoms with Gasteiger partial charge in [-0.1, -0.05) is 6.92 Å². The zero-order valence-electron chi connectivity index (χ0n) is 8.03. The monoisotopic (exact) mass is 157 g/mol. The third-order valence-electron chi connectivity index (χ3n) is 2.45. The summed E-state index contributed by atoms with van der Waals surface area (Å²) in [6.07, 6.45) is 1.19. The summed E-state index contributed by atoms with van der Waals surface area (Å²) >= 11 is 0. The van der Waals surface area contributed by atoms with E-state index in [1.165, 1.54) is 6.42 Å². The fraction of sp³-hybridized carbons (Fsp3) is 1.00. The lowest BCUT2D eigenvalue weighted by molar-refractivity contribution is -0.115. The van der Waals surface area contributed by atoms with E-state index in [1.54, 1.807) is 0 Å². The molecule has 0 radical (unpaired) electrons. The molecule has 0 aromatic rings. The van der Waals surface area contributed by atoms with Crippen LogP contribution in [0.15, 0.2) is 0 Å². The Kier molecular flexibility index (Phi) is 2.26. The Hall–Kier alpha value is -0.0800. The Morgan fingerprint density at radius 2 is 2.00 bits per heavy atom. The predicted molar refractivity (Wildman–Crippen MR) is 46.7 cm³/mol. The van der Waals surface area contributed by atoms with Gasteiger partial charge in [0.2, 0.25) is 0 Å². The zero-order chi connectivity index (χ0) is 8.54. The number of hydrogen-bond donors (Lipinski definition) is 1. The Bertz CT molecular complexity index is 129. The summed E-state index contributed by atoms with van der Waals surface area (Å²) in [5, 5.41) is 3.31. The largest absolute Gasteiger partial charge is 0.380 e. The highest BCUT2D eigenvalue weighted by Gasteiger charge is 2.37. The van der Waals surface area contributed by atoms with Gasteiger partial charge in [0.05, 0.1) is 13.2 Å². The molecule has 2 nitrogen and oxygen atoms in total. The van der Waals surface area contributed by atoms with Crippen LogP contribution >= 0.6 is 0 Å². The summed E-state index contributed by atoms with van der Waals surface area (Å²) in [4.78, 5) is 0. The average Bonchev–Trinajstić information content (AvgIpc) is 1.84. The maximum Gasteiger partial charge on any atom is 0.0542 e. The zero-order valence-corrected chi connectivity index (χ0v) is 8.03. The minimum atomic E-state index is 0.249. The van der Waals surface area contributed by atoms with Gasteiger partial charge in [0, 0.05) is 11.0 Å². The molecule has 1 saturated heterocycles. The van der Waals surface area contributed by atoms with E-state index in [4.69, 9.17) is 4.74 Å². The van der Waals surface area contributed by atoms with Gasteiger partial charge in [0.15, 0.2) is 0 Å². The minimum Gasteiger partial charge on any atom is -0.380 e. The smallest absolute Gasteiger partial charge is 0.0542 e. The molecule has 1 heterocycles. The van der Waals surface area contributed by atoms with Gasteiger partial charge in [0.25, 0.3) is 0 Å². The first-order chi connectivity index (χ1) is 4.97. The summed E-state index contributed by atoms with van der Waals surface area (Å²) in [6, 6.07) is 0. The van der Waals surface area contributed by atoms with E-state index in [2.05, 4.69) is 26.1 Å². The van der Waals surface area contributed by atoms with Crippen LogP contribution in [0.3, 0.4) is 0 Å². The van der Waals surface area contributed by atoms with Crippen molar-refractivity contribution < 1.29 is 4.74 Å². The van der Waals surface area contributed by atoms with Crippen molar-refractivity contribution in [3.8, 4) is 0 Å². The molecule has 0 atom stereocenters. The number of rotatable bonds is 3. The van der Waals surface area contributed by atoms with Crippen LogP contribution in [0.1, 0.15) is 27.2 Å². The topological polar surface area (TPSA) is 21.3 Å². The fourth-order valence-electron chi connectivity index (χ4n) is 1.71. The molecule has 0 saturated carbocycles. The van der Waals surface area contributed by atoms with Crippen LogP contribution in [0.5, 0.6) is 0 Å². The molecule has 11 heavy (non-hydrogen) atoms. The van der Waals surface area contributed by atoms with Crippen molar-refractivity contribution in [3.63, 3.8) is 0 Å². The first-order valence-corrected chi connectivity index (χ1v) is 4.24. The molecule has 1 aliphatic heterocycles. The maximum atomic E-state index is 5.20. The molecular formula is C9H19NO. The molecule has 2 heteroatoms. The molecule has 0 spiro atoms. The third kappa shape index (κ3) is 2.17. The average molecular weight is 157 g/mol. The lowest BCUT2D eigenvalue weighted by atomic mass is 9.77. The molecule has 1 aliphatic rings. The van der Waals surface area contributed by atoms with Crippen LogP contribution in [-0.2, 0) is 4.74 Å². The molecular weight excluding hydrogens is 138 g/mol. The van der Waals surface area contributed by atoms with Crippen LogP contribution in [0.4, 0.5) is 0 Å². The quantitative estimate of drug-likeness (QED) is 0.669. The second kappa shape index (κ2) is 2.76. The van der Waals surface area contributed by atoms with Crippen LogP contribution in [0.2, 0.25) is 0 Å². The van der Waals surface area contributed by atoms with Gasteiger partial charge in [-0.2, -0.15) is 0 Å². The molecule has 0 unspecified atom stereocenters. The Morgan fingerprint density at radius 3 is 2.27 bits per heavy atom. The summed E-state index contributed by atoms with van der Waals surface area (Å²) < 4.78 is 5.20. The standard InChI is InChI=1S/C9H19NO/c1-8(2,10-4)5-9(3)6-11-7-9/h10H,5-7H2,1-4H3. The van der Waals surface area contributed by atoms with E-state index < -0.39 is 0 Å². The summed E-state index contributed by atoms with van der Waals surface area (Å²) in [6.45, 7) is 8.61. The van der Waals surface area contributed by atoms with Gasteiger partial charge >= 0.3 is 0 Å². The number of nitrogens with one attached hydrogen (secondary N) is 1. The third-order valence-corrected chi connectivity index (χ3v) is 2.45. The normalized spacial score (nSPS) is 22.9. The second-order valence-corrected chi connectivity index (χ2v) is 4.61. The minimum absolute atomic E-state index is 0.249. The van der Waals surface area contributed by atoms with Gasteiger partial charge < -0.3 is 10.1 Å². The van der Waals surface area contributed by atoms with Crippen molar-refractivity contribution in [2.75, 3.05) is 20.3 Å². The fourth-order valence-corrected chi connectivity index (χ4v) is 1.71. The van der Waals surface area contributed by atoms with E-state index in [0.717, 1.165) is 13.2 Å². The van der Waals surface area contributed by atoms with Crippen molar-refractivity contribution in [1.82, 2.24) is 5.32 Å². The maximum absolute atomic E-state index is 5.20. The van der Waals surface area contributed by atoms with Crippen LogP contribution in [0.25, 0.3) is 0 Å². The highest BCUT2D eigenvalue weighted by atomic mass is 16.5. The molecule has 0 aliphatic carbocycles. The van der Waals surface area contributed by atoms with Gasteiger partial charge in [-0.15, -0.1) is 0 Å². The van der Waals surface area contributed by atoms with Crippen molar-refractivity contribution in [3.05, 3.63) is 0 Å². The van der Waals surface area contributed by atoms with E-state index in [1.807, 2.05) is 7.05 Å². The van der Waals surface area contributed by atoms with Crippen LogP contribution in [-0.4, -0.2) is 25.8 Å². The van der Waals surface area contributed by atoms with E-state index in [9.17, 15) is 0 Å². The predicted octanol–water partition coefficient (Wildman–Crippen LogP) is 1.41. The lowest BCUT2D eigenvalue weighted by Crippen LogP contribution is -2.49. The van der Waals surface area contributed by atoms with Crippen LogP contribution < -0.4 is 5.32 Å². The second-order valence-electron chi connectivity index (χ2n) is 4.61.